The SMILES string of the molecule is C=C1C(=CC=C2CCC[C@]3(C)C([C@H](C)C=CC(C)(O)C(C)(C)O)CC[C@@H]23)C[C@H](O)C[C@@H]1O. The van der Waals surface area contributed by atoms with E-state index in [0.717, 1.165) is 24.0 Å². The highest BCUT2D eigenvalue weighted by molar-refractivity contribution is 5.38. The van der Waals surface area contributed by atoms with Crippen LogP contribution >= 0.6 is 0 Å². The number of fused-ring (bicyclic) bond motifs is 1. The molecule has 0 spiro atoms. The lowest BCUT2D eigenvalue weighted by molar-refractivity contribution is -0.0886. The van der Waals surface area contributed by atoms with E-state index < -0.39 is 23.4 Å². The van der Waals surface area contributed by atoms with Gasteiger partial charge in [0.15, 0.2) is 0 Å². The molecule has 0 aromatic heterocycles. The van der Waals surface area contributed by atoms with Gasteiger partial charge in [0.25, 0.3) is 0 Å². The predicted molar refractivity (Wildman–Crippen MR) is 130 cm³/mol. The molecule has 3 aliphatic rings. The van der Waals surface area contributed by atoms with E-state index in [1.165, 1.54) is 24.8 Å². The second-order valence-electron chi connectivity index (χ2n) is 11.6. The zero-order valence-corrected chi connectivity index (χ0v) is 20.6. The first-order valence-corrected chi connectivity index (χ1v) is 12.4. The van der Waals surface area contributed by atoms with Crippen molar-refractivity contribution in [3.05, 3.63) is 47.6 Å². The topological polar surface area (TPSA) is 80.9 Å². The first-order valence-electron chi connectivity index (χ1n) is 12.4. The van der Waals surface area contributed by atoms with Crippen LogP contribution in [0.25, 0.3) is 0 Å². The van der Waals surface area contributed by atoms with Gasteiger partial charge in [-0.3, -0.25) is 0 Å². The zero-order valence-electron chi connectivity index (χ0n) is 20.6. The molecule has 0 aliphatic heterocycles. The molecular formula is C28H44O4. The normalized spacial score (nSPS) is 39.5. The van der Waals surface area contributed by atoms with Crippen LogP contribution in [0.5, 0.6) is 0 Å². The molecule has 0 amide bonds. The fraction of sp³-hybridized carbons (Fsp3) is 0.714. The van der Waals surface area contributed by atoms with Crippen LogP contribution < -0.4 is 0 Å². The van der Waals surface area contributed by atoms with Gasteiger partial charge in [0, 0.05) is 6.42 Å². The van der Waals surface area contributed by atoms with Crippen molar-refractivity contribution in [3.63, 3.8) is 0 Å². The molecule has 7 atom stereocenters. The highest BCUT2D eigenvalue weighted by Gasteiger charge is 2.50. The summed E-state index contributed by atoms with van der Waals surface area (Å²) < 4.78 is 0. The Morgan fingerprint density at radius 2 is 1.81 bits per heavy atom. The Morgan fingerprint density at radius 3 is 2.47 bits per heavy atom. The second-order valence-corrected chi connectivity index (χ2v) is 11.6. The third-order valence-corrected chi connectivity index (χ3v) is 8.90. The molecule has 0 saturated heterocycles. The fourth-order valence-corrected chi connectivity index (χ4v) is 6.29. The Kier molecular flexibility index (Phi) is 7.32. The highest BCUT2D eigenvalue weighted by Crippen LogP contribution is 2.59. The largest absolute Gasteiger partial charge is 0.393 e. The molecule has 3 saturated carbocycles. The molecular weight excluding hydrogens is 400 g/mol. The minimum atomic E-state index is -1.26. The van der Waals surface area contributed by atoms with Crippen LogP contribution in [0.2, 0.25) is 0 Å². The maximum atomic E-state index is 10.6. The number of aliphatic hydroxyl groups excluding tert-OH is 2. The summed E-state index contributed by atoms with van der Waals surface area (Å²) in [6, 6.07) is 0. The van der Waals surface area contributed by atoms with Crippen LogP contribution in [0, 0.1) is 23.2 Å². The molecule has 0 radical (unpaired) electrons. The van der Waals surface area contributed by atoms with E-state index in [1.807, 2.05) is 0 Å². The Morgan fingerprint density at radius 1 is 1.12 bits per heavy atom. The molecule has 3 rings (SSSR count). The van der Waals surface area contributed by atoms with Gasteiger partial charge in [0.2, 0.25) is 0 Å². The van der Waals surface area contributed by atoms with Crippen molar-refractivity contribution in [1.29, 1.82) is 0 Å². The zero-order chi connectivity index (χ0) is 23.9. The van der Waals surface area contributed by atoms with Gasteiger partial charge in [0.1, 0.15) is 5.60 Å². The molecule has 4 N–H and O–H groups in total. The first-order chi connectivity index (χ1) is 14.8. The van der Waals surface area contributed by atoms with E-state index in [0.29, 0.717) is 30.6 Å². The van der Waals surface area contributed by atoms with Gasteiger partial charge in [-0.25, -0.2) is 0 Å². The molecule has 3 aliphatic carbocycles. The summed E-state index contributed by atoms with van der Waals surface area (Å²) in [6.45, 7) is 13.7. The molecule has 180 valence electrons. The number of aliphatic hydroxyl groups is 4. The summed E-state index contributed by atoms with van der Waals surface area (Å²) in [4.78, 5) is 0. The van der Waals surface area contributed by atoms with Crippen LogP contribution in [0.1, 0.15) is 79.6 Å². The number of rotatable bonds is 5. The Bertz CT molecular complexity index is 797. The summed E-state index contributed by atoms with van der Waals surface area (Å²) in [5, 5.41) is 41.1. The molecule has 32 heavy (non-hydrogen) atoms. The van der Waals surface area contributed by atoms with E-state index >= 15 is 0 Å². The van der Waals surface area contributed by atoms with Crippen molar-refractivity contribution in [2.45, 2.75) is 103 Å². The van der Waals surface area contributed by atoms with Gasteiger partial charge in [-0.2, -0.15) is 0 Å². The van der Waals surface area contributed by atoms with E-state index in [2.05, 4.69) is 38.7 Å². The van der Waals surface area contributed by atoms with Crippen molar-refractivity contribution in [3.8, 4) is 0 Å². The lowest BCUT2D eigenvalue weighted by Crippen LogP contribution is -2.46. The van der Waals surface area contributed by atoms with E-state index in [4.69, 9.17) is 0 Å². The van der Waals surface area contributed by atoms with Crippen molar-refractivity contribution in [1.82, 2.24) is 0 Å². The number of hydrogen-bond acceptors (Lipinski definition) is 4. The standard InChI is InChI=1S/C28H44O4/c1-18(13-15-28(6,32)26(3,4)31)23-11-12-24-20(8-7-14-27(23,24)5)9-10-21-16-22(29)17-25(30)19(21)2/h9-10,13,15,18,22-25,29-32H,2,7-8,11-12,14,16-17H2,1,3-6H3/t18-,22+,23?,24+,25+,27-,28?/m1/s1. The van der Waals surface area contributed by atoms with Gasteiger partial charge < -0.3 is 20.4 Å². The smallest absolute Gasteiger partial charge is 0.108 e. The Hall–Kier alpha value is -1.20. The summed E-state index contributed by atoms with van der Waals surface area (Å²) in [5.41, 5.74) is 0.958. The number of allylic oxidation sites excluding steroid dienone is 4. The van der Waals surface area contributed by atoms with Gasteiger partial charge in [-0.05, 0) is 93.6 Å². The van der Waals surface area contributed by atoms with E-state index in [1.54, 1.807) is 26.8 Å². The van der Waals surface area contributed by atoms with Gasteiger partial charge in [0.05, 0.1) is 17.8 Å². The average molecular weight is 445 g/mol. The fourth-order valence-electron chi connectivity index (χ4n) is 6.29. The summed E-state index contributed by atoms with van der Waals surface area (Å²) in [6.07, 6.45) is 13.8. The average Bonchev–Trinajstić information content (AvgIpc) is 3.04. The van der Waals surface area contributed by atoms with Crippen LogP contribution in [0.4, 0.5) is 0 Å². The molecule has 0 aromatic rings. The summed E-state index contributed by atoms with van der Waals surface area (Å²) >= 11 is 0. The lowest BCUT2D eigenvalue weighted by Gasteiger charge is -2.44. The maximum Gasteiger partial charge on any atom is 0.108 e. The molecule has 0 heterocycles. The molecule has 4 heteroatoms. The summed E-state index contributed by atoms with van der Waals surface area (Å²) in [7, 11) is 0. The van der Waals surface area contributed by atoms with E-state index in [9.17, 15) is 20.4 Å². The van der Waals surface area contributed by atoms with E-state index in [-0.39, 0.29) is 5.41 Å². The van der Waals surface area contributed by atoms with Crippen molar-refractivity contribution < 1.29 is 20.4 Å². The Labute approximate surface area is 194 Å². The predicted octanol–water partition coefficient (Wildman–Crippen LogP) is 4.84. The van der Waals surface area contributed by atoms with Crippen LogP contribution in [0.15, 0.2) is 47.6 Å². The van der Waals surface area contributed by atoms with Crippen LogP contribution in [0.3, 0.4) is 0 Å². The first kappa shape index (κ1) is 25.4. The molecule has 0 aromatic carbocycles. The van der Waals surface area contributed by atoms with Crippen LogP contribution in [-0.2, 0) is 0 Å². The van der Waals surface area contributed by atoms with Crippen molar-refractivity contribution in [2.75, 3.05) is 0 Å². The minimum Gasteiger partial charge on any atom is -0.393 e. The molecule has 2 unspecified atom stereocenters. The van der Waals surface area contributed by atoms with Gasteiger partial charge >= 0.3 is 0 Å². The third kappa shape index (κ3) is 4.99. The van der Waals surface area contributed by atoms with Crippen molar-refractivity contribution >= 4 is 0 Å². The summed E-state index contributed by atoms with van der Waals surface area (Å²) in [5.74, 6) is 1.39. The monoisotopic (exact) mass is 444 g/mol. The molecule has 4 nitrogen and oxygen atoms in total. The third-order valence-electron chi connectivity index (χ3n) is 8.90. The Balaban J connectivity index is 1.78. The molecule has 3 fully saturated rings. The maximum absolute atomic E-state index is 10.6. The van der Waals surface area contributed by atoms with Crippen molar-refractivity contribution in [2.24, 2.45) is 23.2 Å². The minimum absolute atomic E-state index is 0.218. The van der Waals surface area contributed by atoms with Gasteiger partial charge in [-0.1, -0.05) is 50.3 Å². The van der Waals surface area contributed by atoms with Gasteiger partial charge in [-0.15, -0.1) is 0 Å². The highest BCUT2D eigenvalue weighted by atomic mass is 16.3. The van der Waals surface area contributed by atoms with Crippen LogP contribution in [-0.4, -0.2) is 43.8 Å². The quantitative estimate of drug-likeness (QED) is 0.457. The molecule has 0 bridgehead atoms. The lowest BCUT2D eigenvalue weighted by atomic mass is 9.61. The number of hydrogen-bond donors (Lipinski definition) is 4. The second kappa shape index (κ2) is 9.21.